The summed E-state index contributed by atoms with van der Waals surface area (Å²) in [4.78, 5) is 20.2. The van der Waals surface area contributed by atoms with E-state index in [4.69, 9.17) is 0 Å². The Bertz CT molecular complexity index is 1070. The molecule has 0 radical (unpaired) electrons. The zero-order valence-corrected chi connectivity index (χ0v) is 12.7. The van der Waals surface area contributed by atoms with Crippen LogP contribution in [0.3, 0.4) is 0 Å². The van der Waals surface area contributed by atoms with Gasteiger partial charge in [-0.2, -0.15) is 0 Å². The van der Waals surface area contributed by atoms with Gasteiger partial charge in [0, 0.05) is 22.1 Å². The minimum absolute atomic E-state index is 0.665. The lowest BCUT2D eigenvalue weighted by molar-refractivity contribution is 1.11. The molecule has 114 valence electrons. The summed E-state index contributed by atoms with van der Waals surface area (Å²) in [6.07, 6.45) is 7.70. The predicted molar refractivity (Wildman–Crippen MR) is 96.7 cm³/mol. The molecule has 0 saturated carbocycles. The first kappa shape index (κ1) is 13.0. The van der Waals surface area contributed by atoms with Crippen LogP contribution in [-0.4, -0.2) is 24.9 Å². The molecule has 0 fully saturated rings. The predicted octanol–water partition coefficient (Wildman–Crippen LogP) is 4.05. The van der Waals surface area contributed by atoms with Gasteiger partial charge in [-0.3, -0.25) is 0 Å². The number of aromatic amines is 2. The molecule has 2 aliphatic heterocycles. The Morgan fingerprint density at radius 2 is 0.958 bits per heavy atom. The van der Waals surface area contributed by atoms with Crippen molar-refractivity contribution in [2.24, 2.45) is 0 Å². The normalized spacial score (nSPS) is 12.7. The van der Waals surface area contributed by atoms with Crippen molar-refractivity contribution < 1.29 is 0 Å². The third-order valence-corrected chi connectivity index (χ3v) is 3.90. The minimum atomic E-state index is 0.665. The summed E-state index contributed by atoms with van der Waals surface area (Å²) in [5, 5.41) is 0. The highest BCUT2D eigenvalue weighted by molar-refractivity contribution is 5.75. The van der Waals surface area contributed by atoms with E-state index in [1.807, 2.05) is 60.7 Å². The molecule has 5 heteroatoms. The highest BCUT2D eigenvalue weighted by Crippen LogP contribution is 2.15. The van der Waals surface area contributed by atoms with E-state index in [1.54, 1.807) is 0 Å². The Hall–Kier alpha value is -3.47. The lowest BCUT2D eigenvalue weighted by Gasteiger charge is -1.85. The van der Waals surface area contributed by atoms with Crippen LogP contribution in [-0.2, 0) is 0 Å². The maximum Gasteiger partial charge on any atom is 0.155 e. The van der Waals surface area contributed by atoms with Crippen LogP contribution in [0.15, 0.2) is 42.5 Å². The van der Waals surface area contributed by atoms with Gasteiger partial charge in [-0.05, 0) is 66.8 Å². The van der Waals surface area contributed by atoms with E-state index in [0.717, 1.165) is 33.5 Å². The summed E-state index contributed by atoms with van der Waals surface area (Å²) >= 11 is 0. The second-order valence-electron chi connectivity index (χ2n) is 5.74. The summed E-state index contributed by atoms with van der Waals surface area (Å²) < 4.78 is 0. The van der Waals surface area contributed by atoms with Crippen molar-refractivity contribution in [3.05, 3.63) is 65.5 Å². The van der Waals surface area contributed by atoms with Crippen molar-refractivity contribution in [2.75, 3.05) is 0 Å². The molecule has 0 spiro atoms. The first-order chi connectivity index (χ1) is 11.8. The van der Waals surface area contributed by atoms with Gasteiger partial charge in [0.15, 0.2) is 11.6 Å². The maximum atomic E-state index is 4.51. The smallest absolute Gasteiger partial charge is 0.155 e. The Morgan fingerprint density at radius 3 is 1.46 bits per heavy atom. The molecule has 0 saturated heterocycles. The summed E-state index contributed by atoms with van der Waals surface area (Å²) in [7, 11) is 0. The summed E-state index contributed by atoms with van der Waals surface area (Å²) in [5.41, 5.74) is 5.82. The number of hydrogen-bond acceptors (Lipinski definition) is 3. The fourth-order valence-electron chi connectivity index (χ4n) is 2.82. The highest BCUT2D eigenvalue weighted by atomic mass is 14.9. The average Bonchev–Trinajstić information content (AvgIpc) is 3.32. The highest BCUT2D eigenvalue weighted by Gasteiger charge is 2.03. The van der Waals surface area contributed by atoms with E-state index in [-0.39, 0.29) is 0 Å². The molecule has 0 atom stereocenters. The monoisotopic (exact) mass is 311 g/mol. The lowest BCUT2D eigenvalue weighted by atomic mass is 10.3. The molecular weight excluding hydrogens is 298 g/mol. The molecule has 5 rings (SSSR count). The van der Waals surface area contributed by atoms with Crippen molar-refractivity contribution in [1.82, 2.24) is 24.9 Å². The summed E-state index contributed by atoms with van der Waals surface area (Å²) in [5.74, 6) is 1.33. The second-order valence-corrected chi connectivity index (χ2v) is 5.74. The van der Waals surface area contributed by atoms with Gasteiger partial charge in [-0.25, -0.2) is 15.0 Å². The molecular formula is C19H13N5. The maximum absolute atomic E-state index is 4.51. The van der Waals surface area contributed by atoms with Gasteiger partial charge >= 0.3 is 0 Å². The van der Waals surface area contributed by atoms with Gasteiger partial charge in [0.05, 0.1) is 11.4 Å². The molecule has 0 aromatic carbocycles. The molecule has 2 N–H and O–H groups in total. The van der Waals surface area contributed by atoms with E-state index >= 15 is 0 Å². The van der Waals surface area contributed by atoms with Crippen molar-refractivity contribution >= 4 is 46.4 Å². The van der Waals surface area contributed by atoms with E-state index in [9.17, 15) is 0 Å². The fourth-order valence-corrected chi connectivity index (χ4v) is 2.82. The standard InChI is InChI=1S/C19H13N5/c1-3-14-10-16-5-7-18(22-16)24-19-8-6-17(23-19)11-15-4-2-13(21-15)9-12(1)20-14/h1-11,20-21H. The van der Waals surface area contributed by atoms with Crippen LogP contribution >= 0.6 is 0 Å². The Labute approximate surface area is 137 Å². The van der Waals surface area contributed by atoms with Gasteiger partial charge in [-0.15, -0.1) is 0 Å². The molecule has 0 amide bonds. The first-order valence-corrected chi connectivity index (χ1v) is 7.72. The number of rotatable bonds is 0. The minimum Gasteiger partial charge on any atom is -0.355 e. The lowest BCUT2D eigenvalue weighted by Crippen LogP contribution is -1.84. The van der Waals surface area contributed by atoms with E-state index in [0.29, 0.717) is 11.6 Å². The fraction of sp³-hybridized carbons (Fsp3) is 0. The number of H-pyrrole nitrogens is 2. The van der Waals surface area contributed by atoms with Crippen LogP contribution in [0.1, 0.15) is 23.0 Å². The van der Waals surface area contributed by atoms with Gasteiger partial charge < -0.3 is 9.97 Å². The van der Waals surface area contributed by atoms with Crippen molar-refractivity contribution in [3.8, 4) is 0 Å². The average molecular weight is 311 g/mol. The molecule has 5 nitrogen and oxygen atoms in total. The molecule has 5 heterocycles. The van der Waals surface area contributed by atoms with Crippen molar-refractivity contribution in [1.29, 1.82) is 0 Å². The summed E-state index contributed by atoms with van der Waals surface area (Å²) in [6.45, 7) is 0. The van der Waals surface area contributed by atoms with Gasteiger partial charge in [0.1, 0.15) is 0 Å². The Kier molecular flexibility index (Phi) is 2.72. The third-order valence-electron chi connectivity index (χ3n) is 3.90. The first-order valence-electron chi connectivity index (χ1n) is 7.72. The van der Waals surface area contributed by atoms with Crippen molar-refractivity contribution in [2.45, 2.75) is 0 Å². The van der Waals surface area contributed by atoms with Crippen LogP contribution in [0.25, 0.3) is 46.4 Å². The zero-order valence-electron chi connectivity index (χ0n) is 12.7. The largest absolute Gasteiger partial charge is 0.355 e. The van der Waals surface area contributed by atoms with Gasteiger partial charge in [-0.1, -0.05) is 0 Å². The van der Waals surface area contributed by atoms with E-state index in [2.05, 4.69) is 31.0 Å². The van der Waals surface area contributed by atoms with Crippen LogP contribution in [0.5, 0.6) is 0 Å². The SMILES string of the molecule is C1=Cc2nc1cc1ccc(cc3ccc(cc4nc(n2)C=C4)[nH]3)[nH]1. The third kappa shape index (κ3) is 2.42. The number of nitrogens with one attached hydrogen (secondary N) is 2. The summed E-state index contributed by atoms with van der Waals surface area (Å²) in [6, 6.07) is 14.2. The molecule has 8 bridgehead atoms. The van der Waals surface area contributed by atoms with E-state index < -0.39 is 0 Å². The van der Waals surface area contributed by atoms with Crippen LogP contribution in [0, 0.1) is 0 Å². The van der Waals surface area contributed by atoms with Crippen LogP contribution in [0.4, 0.5) is 0 Å². The molecule has 0 unspecified atom stereocenters. The molecule has 24 heavy (non-hydrogen) atoms. The van der Waals surface area contributed by atoms with Gasteiger partial charge in [0.25, 0.3) is 0 Å². The van der Waals surface area contributed by atoms with Crippen LogP contribution < -0.4 is 0 Å². The zero-order chi connectivity index (χ0) is 15.9. The van der Waals surface area contributed by atoms with Crippen LogP contribution in [0.2, 0.25) is 0 Å². The molecule has 0 aliphatic carbocycles. The second kappa shape index (κ2) is 5.03. The number of fused-ring (bicyclic) bond motifs is 8. The van der Waals surface area contributed by atoms with Gasteiger partial charge in [0.2, 0.25) is 0 Å². The Morgan fingerprint density at radius 1 is 0.500 bits per heavy atom. The number of hydrogen-bond donors (Lipinski definition) is 2. The Balaban J connectivity index is 1.85. The quantitative estimate of drug-likeness (QED) is 0.453. The van der Waals surface area contributed by atoms with E-state index in [1.165, 1.54) is 0 Å². The van der Waals surface area contributed by atoms with Crippen molar-refractivity contribution in [3.63, 3.8) is 0 Å². The topological polar surface area (TPSA) is 70.2 Å². The number of aromatic nitrogens is 5. The number of nitrogens with zero attached hydrogens (tertiary/aromatic N) is 3. The molecule has 2 aliphatic rings. The molecule has 3 aromatic rings. The molecule has 3 aromatic heterocycles.